The molecule has 2 aromatic rings. The maximum absolute atomic E-state index is 13.9. The summed E-state index contributed by atoms with van der Waals surface area (Å²) in [6.45, 7) is 4.44. The van der Waals surface area contributed by atoms with E-state index in [1.165, 1.54) is 13.2 Å². The van der Waals surface area contributed by atoms with E-state index in [2.05, 4.69) is 20.9 Å². The minimum absolute atomic E-state index is 0.153. The number of rotatable bonds is 7. The zero-order chi connectivity index (χ0) is 20.0. The summed E-state index contributed by atoms with van der Waals surface area (Å²) in [7, 11) is 3.37. The molecule has 0 aliphatic rings. The zero-order valence-electron chi connectivity index (χ0n) is 15.8. The van der Waals surface area contributed by atoms with Crippen LogP contribution in [0, 0.1) is 12.7 Å². The van der Waals surface area contributed by atoms with Gasteiger partial charge in [-0.3, -0.25) is 0 Å². The van der Waals surface area contributed by atoms with Crippen molar-refractivity contribution in [1.82, 2.24) is 4.90 Å². The fourth-order valence-corrected chi connectivity index (χ4v) is 2.72. The summed E-state index contributed by atoms with van der Waals surface area (Å²) in [6, 6.07) is 7.96. The number of carbonyl (C=O) groups is 1. The first-order valence-electron chi connectivity index (χ1n) is 8.40. The van der Waals surface area contributed by atoms with Gasteiger partial charge in [-0.05, 0) is 47.5 Å². The molecule has 0 amide bonds. The number of aryl methyl sites for hydroxylation is 1. The summed E-state index contributed by atoms with van der Waals surface area (Å²) in [5, 5.41) is 0. The van der Waals surface area contributed by atoms with Crippen LogP contribution < -0.4 is 4.74 Å². The van der Waals surface area contributed by atoms with E-state index >= 15 is 0 Å². The highest BCUT2D eigenvalue weighted by Gasteiger charge is 2.18. The molecule has 0 aromatic heterocycles. The lowest BCUT2D eigenvalue weighted by atomic mass is 10.1. The van der Waals surface area contributed by atoms with Crippen LogP contribution in [0.15, 0.2) is 39.8 Å². The summed E-state index contributed by atoms with van der Waals surface area (Å²) in [6.07, 6.45) is 1.69. The molecule has 0 spiro atoms. The third kappa shape index (κ3) is 5.29. The topological polar surface area (TPSA) is 51.1 Å². The average Bonchev–Trinajstić information content (AvgIpc) is 2.65. The first-order chi connectivity index (χ1) is 12.9. The van der Waals surface area contributed by atoms with Gasteiger partial charge in [0.2, 0.25) is 0 Å². The number of ether oxygens (including phenoxy) is 2. The lowest BCUT2D eigenvalue weighted by Crippen LogP contribution is -2.14. The molecule has 2 rings (SSSR count). The zero-order valence-corrected chi connectivity index (χ0v) is 17.3. The van der Waals surface area contributed by atoms with Crippen LogP contribution in [0.5, 0.6) is 5.75 Å². The van der Waals surface area contributed by atoms with Crippen LogP contribution in [0.3, 0.4) is 0 Å². The Bertz CT molecular complexity index is 835. The smallest absolute Gasteiger partial charge is 0.342 e. The minimum Gasteiger partial charge on any atom is -0.496 e. The molecule has 27 heavy (non-hydrogen) atoms. The molecule has 0 aliphatic heterocycles. The predicted molar refractivity (Wildman–Crippen MR) is 107 cm³/mol. The molecule has 0 radical (unpaired) electrons. The van der Waals surface area contributed by atoms with E-state index in [1.54, 1.807) is 37.5 Å². The molecule has 144 valence electrons. The van der Waals surface area contributed by atoms with E-state index in [1.807, 2.05) is 18.9 Å². The van der Waals surface area contributed by atoms with Crippen molar-refractivity contribution in [1.29, 1.82) is 0 Å². The highest BCUT2D eigenvalue weighted by molar-refractivity contribution is 9.10. The van der Waals surface area contributed by atoms with Gasteiger partial charge in [0.25, 0.3) is 0 Å². The van der Waals surface area contributed by atoms with Crippen LogP contribution in [-0.4, -0.2) is 37.9 Å². The van der Waals surface area contributed by atoms with Gasteiger partial charge in [-0.15, -0.1) is 0 Å². The molecule has 0 N–H and O–H groups in total. The summed E-state index contributed by atoms with van der Waals surface area (Å²) in [5.74, 6) is -0.670. The third-order valence-electron chi connectivity index (χ3n) is 4.08. The monoisotopic (exact) mass is 436 g/mol. The van der Waals surface area contributed by atoms with E-state index in [4.69, 9.17) is 9.47 Å². The molecule has 5 nitrogen and oxygen atoms in total. The second kappa shape index (κ2) is 9.50. The quantitative estimate of drug-likeness (QED) is 0.352. The Morgan fingerprint density at radius 2 is 2.11 bits per heavy atom. The van der Waals surface area contributed by atoms with Gasteiger partial charge in [0.1, 0.15) is 23.7 Å². The van der Waals surface area contributed by atoms with Crippen molar-refractivity contribution in [3.05, 3.63) is 57.3 Å². The second-order valence-electron chi connectivity index (χ2n) is 5.93. The fraction of sp³-hybridized carbons (Fsp3) is 0.300. The maximum atomic E-state index is 13.9. The number of esters is 1. The van der Waals surface area contributed by atoms with E-state index in [0.29, 0.717) is 21.5 Å². The summed E-state index contributed by atoms with van der Waals surface area (Å²) in [5.41, 5.74) is 1.93. The summed E-state index contributed by atoms with van der Waals surface area (Å²) in [4.78, 5) is 18.8. The first kappa shape index (κ1) is 20.9. The third-order valence-corrected chi connectivity index (χ3v) is 4.72. The van der Waals surface area contributed by atoms with Crippen molar-refractivity contribution in [3.63, 3.8) is 0 Å². The number of methoxy groups -OCH3 is 1. The van der Waals surface area contributed by atoms with Gasteiger partial charge in [0.15, 0.2) is 0 Å². The summed E-state index contributed by atoms with van der Waals surface area (Å²) >= 11 is 3.41. The first-order valence-corrected chi connectivity index (χ1v) is 9.19. The Morgan fingerprint density at radius 1 is 1.37 bits per heavy atom. The molecule has 0 fully saturated rings. The number of benzene rings is 2. The normalized spacial score (nSPS) is 10.9. The van der Waals surface area contributed by atoms with Crippen molar-refractivity contribution < 1.29 is 18.7 Å². The molecule has 0 saturated carbocycles. The van der Waals surface area contributed by atoms with Gasteiger partial charge >= 0.3 is 5.97 Å². The highest BCUT2D eigenvalue weighted by atomic mass is 79.9. The molecular weight excluding hydrogens is 415 g/mol. The summed E-state index contributed by atoms with van der Waals surface area (Å²) < 4.78 is 25.1. The standard InChI is InChI=1S/C20H22BrFN2O3/c1-5-24(3)12-23-18-10-19(26-4)14(9-16(18)21)20(25)27-11-15-13(2)7-6-8-17(15)22/h6-10,12H,5,11H2,1-4H3/b23-12+. The largest absolute Gasteiger partial charge is 0.496 e. The number of halogens is 2. The Morgan fingerprint density at radius 3 is 2.74 bits per heavy atom. The van der Waals surface area contributed by atoms with Crippen LogP contribution in [0.25, 0.3) is 0 Å². The van der Waals surface area contributed by atoms with Crippen molar-refractivity contribution >= 4 is 33.9 Å². The Kier molecular flexibility index (Phi) is 7.36. The lowest BCUT2D eigenvalue weighted by Gasteiger charge is -2.13. The van der Waals surface area contributed by atoms with Gasteiger partial charge in [-0.25, -0.2) is 14.2 Å². The highest BCUT2D eigenvalue weighted by Crippen LogP contribution is 2.33. The van der Waals surface area contributed by atoms with Crippen molar-refractivity contribution in [3.8, 4) is 5.75 Å². The van der Waals surface area contributed by atoms with Crippen molar-refractivity contribution in [2.24, 2.45) is 4.99 Å². The van der Waals surface area contributed by atoms with Crippen LogP contribution in [0.2, 0.25) is 0 Å². The Hall–Kier alpha value is -2.41. The SMILES string of the molecule is CCN(C)/C=N/c1cc(OC)c(C(=O)OCc2c(C)cccc2F)cc1Br. The van der Waals surface area contributed by atoms with E-state index in [0.717, 1.165) is 12.1 Å². The molecule has 0 atom stereocenters. The van der Waals surface area contributed by atoms with Crippen LogP contribution >= 0.6 is 15.9 Å². The van der Waals surface area contributed by atoms with E-state index < -0.39 is 11.8 Å². The molecule has 0 unspecified atom stereocenters. The Labute approximate surface area is 166 Å². The van der Waals surface area contributed by atoms with Crippen molar-refractivity contribution in [2.75, 3.05) is 20.7 Å². The molecule has 0 aliphatic carbocycles. The number of hydrogen-bond donors (Lipinski definition) is 0. The number of hydrogen-bond acceptors (Lipinski definition) is 4. The fourth-order valence-electron chi connectivity index (χ4n) is 2.28. The number of aliphatic imine (C=N–C) groups is 1. The number of carbonyl (C=O) groups excluding carboxylic acids is 1. The van der Waals surface area contributed by atoms with Gasteiger partial charge in [-0.2, -0.15) is 0 Å². The molecular formula is C20H22BrFN2O3. The van der Waals surface area contributed by atoms with Gasteiger partial charge in [-0.1, -0.05) is 12.1 Å². The molecule has 2 aromatic carbocycles. The molecule has 7 heteroatoms. The van der Waals surface area contributed by atoms with E-state index in [-0.39, 0.29) is 12.2 Å². The van der Waals surface area contributed by atoms with Crippen LogP contribution in [-0.2, 0) is 11.3 Å². The van der Waals surface area contributed by atoms with Gasteiger partial charge in [0, 0.05) is 29.7 Å². The maximum Gasteiger partial charge on any atom is 0.342 e. The number of nitrogens with zero attached hydrogens (tertiary/aromatic N) is 2. The Balaban J connectivity index is 2.23. The minimum atomic E-state index is -0.601. The van der Waals surface area contributed by atoms with Gasteiger partial charge < -0.3 is 14.4 Å². The van der Waals surface area contributed by atoms with Crippen LogP contribution in [0.4, 0.5) is 10.1 Å². The van der Waals surface area contributed by atoms with Crippen molar-refractivity contribution in [2.45, 2.75) is 20.5 Å². The lowest BCUT2D eigenvalue weighted by molar-refractivity contribution is 0.0464. The second-order valence-corrected chi connectivity index (χ2v) is 6.79. The predicted octanol–water partition coefficient (Wildman–Crippen LogP) is 4.87. The van der Waals surface area contributed by atoms with Gasteiger partial charge in [0.05, 0.1) is 19.1 Å². The molecule has 0 bridgehead atoms. The van der Waals surface area contributed by atoms with E-state index in [9.17, 15) is 9.18 Å². The van der Waals surface area contributed by atoms with Crippen LogP contribution in [0.1, 0.15) is 28.4 Å². The molecule has 0 heterocycles. The average molecular weight is 437 g/mol. The molecule has 0 saturated heterocycles.